The summed E-state index contributed by atoms with van der Waals surface area (Å²) in [6.45, 7) is 3.22. The first kappa shape index (κ1) is 9.00. The molecule has 0 amide bonds. The quantitative estimate of drug-likeness (QED) is 0.760. The average Bonchev–Trinajstić information content (AvgIpc) is 2.72. The molecule has 4 fully saturated rings. The van der Waals surface area contributed by atoms with Gasteiger partial charge in [0, 0.05) is 19.2 Å². The lowest BCUT2D eigenvalue weighted by atomic mass is 10.0. The van der Waals surface area contributed by atoms with Crippen LogP contribution in [0.5, 0.6) is 0 Å². The van der Waals surface area contributed by atoms with E-state index in [1.54, 1.807) is 6.42 Å². The summed E-state index contributed by atoms with van der Waals surface area (Å²) in [5.74, 6) is 5.20. The highest BCUT2D eigenvalue weighted by molar-refractivity contribution is 5.16. The molecule has 4 aliphatic rings. The van der Waals surface area contributed by atoms with Crippen molar-refractivity contribution in [2.75, 3.05) is 19.8 Å². The molecule has 2 heteroatoms. The summed E-state index contributed by atoms with van der Waals surface area (Å²) in [6, 6.07) is 0.914. The molecule has 5 unspecified atom stereocenters. The third kappa shape index (κ3) is 1.31. The van der Waals surface area contributed by atoms with Crippen LogP contribution in [0, 0.1) is 29.6 Å². The van der Waals surface area contributed by atoms with Gasteiger partial charge in [0.1, 0.15) is 0 Å². The second-order valence-corrected chi connectivity index (χ2v) is 6.15. The van der Waals surface area contributed by atoms with Gasteiger partial charge in [0.25, 0.3) is 0 Å². The van der Waals surface area contributed by atoms with Gasteiger partial charge in [-0.3, -0.25) is 0 Å². The second kappa shape index (κ2) is 3.21. The number of nitrogens with one attached hydrogen (secondary N) is 1. The second-order valence-electron chi connectivity index (χ2n) is 6.15. The number of hydrogen-bond donors (Lipinski definition) is 1. The van der Waals surface area contributed by atoms with Crippen molar-refractivity contribution in [3.8, 4) is 0 Å². The lowest BCUT2D eigenvalue weighted by Crippen LogP contribution is -2.28. The summed E-state index contributed by atoms with van der Waals surface area (Å²) >= 11 is 0. The monoisotopic (exact) mass is 207 g/mol. The van der Waals surface area contributed by atoms with Gasteiger partial charge in [-0.1, -0.05) is 0 Å². The van der Waals surface area contributed by atoms with Gasteiger partial charge in [-0.25, -0.2) is 0 Å². The fourth-order valence-corrected chi connectivity index (χ4v) is 4.65. The predicted octanol–water partition coefficient (Wildman–Crippen LogP) is 1.66. The van der Waals surface area contributed by atoms with E-state index in [-0.39, 0.29) is 0 Å². The highest BCUT2D eigenvalue weighted by Gasteiger charge is 2.64. The molecular weight excluding hydrogens is 186 g/mol. The Kier molecular flexibility index (Phi) is 1.92. The van der Waals surface area contributed by atoms with Crippen molar-refractivity contribution in [1.82, 2.24) is 5.32 Å². The Hall–Kier alpha value is -0.0800. The molecule has 5 atom stereocenters. The maximum Gasteiger partial charge on any atom is 0.0507 e. The molecule has 0 aromatic carbocycles. The molecule has 1 N–H and O–H groups in total. The molecule has 2 bridgehead atoms. The number of hydrogen-bond acceptors (Lipinski definition) is 2. The highest BCUT2D eigenvalue weighted by Crippen LogP contribution is 2.65. The Morgan fingerprint density at radius 2 is 1.87 bits per heavy atom. The Morgan fingerprint density at radius 3 is 2.53 bits per heavy atom. The summed E-state index contributed by atoms with van der Waals surface area (Å²) in [7, 11) is 0. The van der Waals surface area contributed by atoms with E-state index in [4.69, 9.17) is 4.74 Å². The van der Waals surface area contributed by atoms with Gasteiger partial charge in [-0.05, 0) is 55.3 Å². The van der Waals surface area contributed by atoms with Crippen LogP contribution < -0.4 is 5.32 Å². The van der Waals surface area contributed by atoms with Crippen molar-refractivity contribution < 1.29 is 4.74 Å². The Labute approximate surface area is 91.8 Å². The van der Waals surface area contributed by atoms with Crippen molar-refractivity contribution in [3.63, 3.8) is 0 Å². The maximum atomic E-state index is 5.42. The van der Waals surface area contributed by atoms with Crippen LogP contribution in [0.25, 0.3) is 0 Å². The molecule has 1 heterocycles. The van der Waals surface area contributed by atoms with Crippen LogP contribution >= 0.6 is 0 Å². The minimum absolute atomic E-state index is 0.809. The first-order valence-electron chi connectivity index (χ1n) is 6.74. The normalized spacial score (nSPS) is 56.0. The van der Waals surface area contributed by atoms with Gasteiger partial charge >= 0.3 is 0 Å². The fraction of sp³-hybridized carbons (Fsp3) is 1.00. The summed E-state index contributed by atoms with van der Waals surface area (Å²) < 4.78 is 5.42. The minimum Gasteiger partial charge on any atom is -0.381 e. The van der Waals surface area contributed by atoms with Crippen LogP contribution in [0.4, 0.5) is 0 Å². The topological polar surface area (TPSA) is 21.3 Å². The predicted molar refractivity (Wildman–Crippen MR) is 58.5 cm³/mol. The summed E-state index contributed by atoms with van der Waals surface area (Å²) in [4.78, 5) is 0. The van der Waals surface area contributed by atoms with Crippen molar-refractivity contribution in [2.45, 2.75) is 31.7 Å². The third-order valence-corrected chi connectivity index (χ3v) is 5.40. The Balaban J connectivity index is 1.31. The molecule has 0 spiro atoms. The standard InChI is InChI=1S/C13H21NO/c1-2-10-5-9(1)11-12(10)13(11)14-6-8-3-4-15-7-8/h8-14H,1-7H2. The molecule has 2 nitrogen and oxygen atoms in total. The van der Waals surface area contributed by atoms with Crippen LogP contribution in [0.3, 0.4) is 0 Å². The maximum absolute atomic E-state index is 5.42. The summed E-state index contributed by atoms with van der Waals surface area (Å²) in [6.07, 6.45) is 5.93. The zero-order chi connectivity index (χ0) is 9.83. The van der Waals surface area contributed by atoms with Crippen LogP contribution in [0.2, 0.25) is 0 Å². The average molecular weight is 207 g/mol. The Bertz CT molecular complexity index is 245. The highest BCUT2D eigenvalue weighted by atomic mass is 16.5. The zero-order valence-corrected chi connectivity index (χ0v) is 9.32. The minimum atomic E-state index is 0.809. The molecular formula is C13H21NO. The van der Waals surface area contributed by atoms with Crippen molar-refractivity contribution in [3.05, 3.63) is 0 Å². The fourth-order valence-electron chi connectivity index (χ4n) is 4.65. The Morgan fingerprint density at radius 1 is 1.07 bits per heavy atom. The van der Waals surface area contributed by atoms with Crippen LogP contribution in [0.1, 0.15) is 25.7 Å². The molecule has 15 heavy (non-hydrogen) atoms. The molecule has 0 aromatic rings. The van der Waals surface area contributed by atoms with E-state index >= 15 is 0 Å². The molecule has 1 saturated heterocycles. The van der Waals surface area contributed by atoms with Gasteiger partial charge < -0.3 is 10.1 Å². The van der Waals surface area contributed by atoms with Gasteiger partial charge in [0.05, 0.1) is 6.61 Å². The third-order valence-electron chi connectivity index (χ3n) is 5.40. The van der Waals surface area contributed by atoms with Crippen molar-refractivity contribution in [1.29, 1.82) is 0 Å². The van der Waals surface area contributed by atoms with Crippen LogP contribution in [0.15, 0.2) is 0 Å². The molecule has 3 aliphatic carbocycles. The summed E-state index contributed by atoms with van der Waals surface area (Å²) in [5, 5.41) is 3.82. The lowest BCUT2D eigenvalue weighted by Gasteiger charge is -2.13. The van der Waals surface area contributed by atoms with Crippen LogP contribution in [-0.4, -0.2) is 25.8 Å². The van der Waals surface area contributed by atoms with Crippen molar-refractivity contribution in [2.24, 2.45) is 29.6 Å². The van der Waals surface area contributed by atoms with Crippen molar-refractivity contribution >= 4 is 0 Å². The molecule has 0 radical (unpaired) electrons. The van der Waals surface area contributed by atoms with E-state index in [9.17, 15) is 0 Å². The zero-order valence-electron chi connectivity index (χ0n) is 9.32. The number of fused-ring (bicyclic) bond motifs is 5. The summed E-state index contributed by atoms with van der Waals surface area (Å²) in [5.41, 5.74) is 0. The van der Waals surface area contributed by atoms with Gasteiger partial charge in [-0.2, -0.15) is 0 Å². The van der Waals surface area contributed by atoms with E-state index in [2.05, 4.69) is 5.32 Å². The first-order valence-corrected chi connectivity index (χ1v) is 6.74. The molecule has 84 valence electrons. The smallest absolute Gasteiger partial charge is 0.0507 e. The number of rotatable bonds is 3. The SMILES string of the molecule is C1CC(CNC2C3C4CCC(C4)C23)CO1. The molecule has 4 rings (SSSR count). The molecule has 1 aliphatic heterocycles. The molecule has 3 saturated carbocycles. The molecule has 0 aromatic heterocycles. The van der Waals surface area contributed by atoms with E-state index < -0.39 is 0 Å². The van der Waals surface area contributed by atoms with Gasteiger partial charge in [-0.15, -0.1) is 0 Å². The van der Waals surface area contributed by atoms with E-state index in [0.717, 1.165) is 48.8 Å². The van der Waals surface area contributed by atoms with E-state index in [1.165, 1.54) is 25.8 Å². The van der Waals surface area contributed by atoms with Gasteiger partial charge in [0.2, 0.25) is 0 Å². The number of ether oxygens (including phenoxy) is 1. The van der Waals surface area contributed by atoms with Crippen LogP contribution in [-0.2, 0) is 4.74 Å². The lowest BCUT2D eigenvalue weighted by molar-refractivity contribution is 0.185. The van der Waals surface area contributed by atoms with E-state index in [0.29, 0.717) is 0 Å². The van der Waals surface area contributed by atoms with Gasteiger partial charge in [0.15, 0.2) is 0 Å². The largest absolute Gasteiger partial charge is 0.381 e. The first-order chi connectivity index (χ1) is 7.43. The van der Waals surface area contributed by atoms with E-state index in [1.807, 2.05) is 0 Å².